The Balaban J connectivity index is 2.67. The van der Waals surface area contributed by atoms with Crippen LogP contribution in [0.15, 0.2) is 18.2 Å². The molecule has 0 fully saturated rings. The number of aliphatic hydroxyl groups excluding tert-OH is 1. The van der Waals surface area contributed by atoms with Crippen molar-refractivity contribution in [2.45, 2.75) is 39.3 Å². The van der Waals surface area contributed by atoms with E-state index in [0.29, 0.717) is 0 Å². The average Bonchev–Trinajstić information content (AvgIpc) is 2.27. The lowest BCUT2D eigenvalue weighted by Gasteiger charge is -2.27. The first-order chi connectivity index (χ1) is 7.50. The van der Waals surface area contributed by atoms with Gasteiger partial charge in [0.05, 0.1) is 6.61 Å². The van der Waals surface area contributed by atoms with Gasteiger partial charge in [0.25, 0.3) is 0 Å². The Kier molecular flexibility index (Phi) is 4.78. The van der Waals surface area contributed by atoms with E-state index in [-0.39, 0.29) is 12.1 Å². The molecule has 0 bridgehead atoms. The summed E-state index contributed by atoms with van der Waals surface area (Å²) in [5, 5.41) is 13.4. The monoisotopic (exact) mass is 241 g/mol. The topological polar surface area (TPSA) is 32.3 Å². The van der Waals surface area contributed by atoms with Gasteiger partial charge in [-0.15, -0.1) is 0 Å². The first-order valence-electron chi connectivity index (χ1n) is 5.61. The minimum Gasteiger partial charge on any atom is -0.394 e. The maximum atomic E-state index is 9.29. The number of nitrogens with one attached hydrogen (secondary N) is 1. The van der Waals surface area contributed by atoms with Gasteiger partial charge in [-0.3, -0.25) is 0 Å². The van der Waals surface area contributed by atoms with Crippen LogP contribution in [0.3, 0.4) is 0 Å². The molecule has 16 heavy (non-hydrogen) atoms. The smallest absolute Gasteiger partial charge is 0.0610 e. The van der Waals surface area contributed by atoms with Crippen LogP contribution in [0.2, 0.25) is 5.02 Å². The normalized spacial score (nSPS) is 14.8. The van der Waals surface area contributed by atoms with Gasteiger partial charge in [-0.1, -0.05) is 24.6 Å². The highest BCUT2D eigenvalue weighted by Crippen LogP contribution is 2.16. The Morgan fingerprint density at radius 2 is 2.12 bits per heavy atom. The van der Waals surface area contributed by atoms with Gasteiger partial charge in [-0.2, -0.15) is 0 Å². The average molecular weight is 242 g/mol. The number of hydrogen-bond donors (Lipinski definition) is 2. The zero-order chi connectivity index (χ0) is 12.2. The number of rotatable bonds is 5. The van der Waals surface area contributed by atoms with Gasteiger partial charge in [-0.05, 0) is 43.5 Å². The summed E-state index contributed by atoms with van der Waals surface area (Å²) in [6.07, 6.45) is 0.899. The highest BCUT2D eigenvalue weighted by Gasteiger charge is 2.19. The SMILES string of the molecule is CCC(C)(CO)NCc1ccc(Cl)cc1C. The second kappa shape index (κ2) is 5.67. The zero-order valence-corrected chi connectivity index (χ0v) is 10.9. The van der Waals surface area contributed by atoms with E-state index in [1.54, 1.807) is 0 Å². The zero-order valence-electron chi connectivity index (χ0n) is 10.2. The summed E-state index contributed by atoms with van der Waals surface area (Å²) in [5.41, 5.74) is 2.19. The standard InChI is InChI=1S/C13H20ClNO/c1-4-13(3,9-16)15-8-11-5-6-12(14)7-10(11)2/h5-7,15-16H,4,8-9H2,1-3H3. The fourth-order valence-corrected chi connectivity index (χ4v) is 1.69. The third kappa shape index (κ3) is 3.48. The van der Waals surface area contributed by atoms with Crippen molar-refractivity contribution >= 4 is 11.6 Å². The van der Waals surface area contributed by atoms with Crippen molar-refractivity contribution in [2.24, 2.45) is 0 Å². The van der Waals surface area contributed by atoms with Crippen LogP contribution in [0, 0.1) is 6.92 Å². The minimum absolute atomic E-state index is 0.149. The first-order valence-corrected chi connectivity index (χ1v) is 5.99. The molecular formula is C13H20ClNO. The predicted octanol–water partition coefficient (Wildman–Crippen LogP) is 2.90. The molecule has 0 amide bonds. The van der Waals surface area contributed by atoms with Gasteiger partial charge < -0.3 is 10.4 Å². The van der Waals surface area contributed by atoms with E-state index in [1.165, 1.54) is 11.1 Å². The molecule has 0 aliphatic carbocycles. The molecule has 0 aliphatic rings. The number of hydrogen-bond acceptors (Lipinski definition) is 2. The number of aryl methyl sites for hydroxylation is 1. The summed E-state index contributed by atoms with van der Waals surface area (Å²) in [4.78, 5) is 0. The molecule has 1 unspecified atom stereocenters. The summed E-state index contributed by atoms with van der Waals surface area (Å²) < 4.78 is 0. The Morgan fingerprint density at radius 1 is 1.44 bits per heavy atom. The molecule has 1 aromatic carbocycles. The maximum Gasteiger partial charge on any atom is 0.0610 e. The van der Waals surface area contributed by atoms with E-state index in [2.05, 4.69) is 12.2 Å². The van der Waals surface area contributed by atoms with Crippen molar-refractivity contribution < 1.29 is 5.11 Å². The Bertz CT molecular complexity index is 348. The van der Waals surface area contributed by atoms with E-state index in [0.717, 1.165) is 18.0 Å². The van der Waals surface area contributed by atoms with Crippen LogP contribution in [0.5, 0.6) is 0 Å². The molecule has 0 heterocycles. The third-order valence-electron chi connectivity index (χ3n) is 3.14. The van der Waals surface area contributed by atoms with Crippen LogP contribution in [0.1, 0.15) is 31.4 Å². The lowest BCUT2D eigenvalue weighted by atomic mass is 9.99. The summed E-state index contributed by atoms with van der Waals surface area (Å²) in [7, 11) is 0. The predicted molar refractivity (Wildman–Crippen MR) is 68.8 cm³/mol. The van der Waals surface area contributed by atoms with E-state index in [4.69, 9.17) is 11.6 Å². The second-order valence-corrected chi connectivity index (χ2v) is 4.93. The summed E-state index contributed by atoms with van der Waals surface area (Å²) in [6, 6.07) is 5.88. The molecule has 1 aromatic rings. The fraction of sp³-hybridized carbons (Fsp3) is 0.538. The van der Waals surface area contributed by atoms with E-state index in [9.17, 15) is 5.11 Å². The third-order valence-corrected chi connectivity index (χ3v) is 3.37. The van der Waals surface area contributed by atoms with Gasteiger partial charge in [-0.25, -0.2) is 0 Å². The number of benzene rings is 1. The Hall–Kier alpha value is -0.570. The summed E-state index contributed by atoms with van der Waals surface area (Å²) >= 11 is 5.90. The molecule has 3 heteroatoms. The first kappa shape index (κ1) is 13.5. The Labute approximate surface area is 103 Å². The second-order valence-electron chi connectivity index (χ2n) is 4.50. The van der Waals surface area contributed by atoms with Crippen molar-refractivity contribution in [3.8, 4) is 0 Å². The van der Waals surface area contributed by atoms with E-state index < -0.39 is 0 Å². The number of halogens is 1. The van der Waals surface area contributed by atoms with Crippen LogP contribution in [0.4, 0.5) is 0 Å². The molecular weight excluding hydrogens is 222 g/mol. The molecule has 0 saturated heterocycles. The molecule has 0 saturated carbocycles. The molecule has 0 spiro atoms. The molecule has 90 valence electrons. The van der Waals surface area contributed by atoms with E-state index in [1.807, 2.05) is 32.0 Å². The van der Waals surface area contributed by atoms with Crippen LogP contribution >= 0.6 is 11.6 Å². The van der Waals surface area contributed by atoms with Crippen LogP contribution in [-0.4, -0.2) is 17.3 Å². The lowest BCUT2D eigenvalue weighted by molar-refractivity contribution is 0.169. The van der Waals surface area contributed by atoms with E-state index >= 15 is 0 Å². The molecule has 0 aliphatic heterocycles. The molecule has 1 atom stereocenters. The number of aliphatic hydroxyl groups is 1. The largest absolute Gasteiger partial charge is 0.394 e. The quantitative estimate of drug-likeness (QED) is 0.831. The lowest BCUT2D eigenvalue weighted by Crippen LogP contribution is -2.44. The van der Waals surface area contributed by atoms with Gasteiger partial charge >= 0.3 is 0 Å². The van der Waals surface area contributed by atoms with Gasteiger partial charge in [0.2, 0.25) is 0 Å². The fourth-order valence-electron chi connectivity index (χ4n) is 1.46. The Morgan fingerprint density at radius 3 is 2.62 bits per heavy atom. The van der Waals surface area contributed by atoms with Crippen molar-refractivity contribution in [3.63, 3.8) is 0 Å². The molecule has 2 N–H and O–H groups in total. The van der Waals surface area contributed by atoms with Gasteiger partial charge in [0, 0.05) is 17.1 Å². The van der Waals surface area contributed by atoms with Crippen molar-refractivity contribution in [1.29, 1.82) is 0 Å². The summed E-state index contributed by atoms with van der Waals surface area (Å²) in [5.74, 6) is 0. The molecule has 0 aromatic heterocycles. The van der Waals surface area contributed by atoms with Gasteiger partial charge in [0.15, 0.2) is 0 Å². The van der Waals surface area contributed by atoms with Crippen LogP contribution in [0.25, 0.3) is 0 Å². The van der Waals surface area contributed by atoms with Crippen molar-refractivity contribution in [3.05, 3.63) is 34.3 Å². The molecule has 1 rings (SSSR count). The van der Waals surface area contributed by atoms with Crippen LogP contribution in [-0.2, 0) is 6.54 Å². The van der Waals surface area contributed by atoms with Crippen LogP contribution < -0.4 is 5.32 Å². The summed E-state index contributed by atoms with van der Waals surface area (Å²) in [6.45, 7) is 7.05. The van der Waals surface area contributed by atoms with Crippen molar-refractivity contribution in [1.82, 2.24) is 5.32 Å². The van der Waals surface area contributed by atoms with Gasteiger partial charge in [0.1, 0.15) is 0 Å². The van der Waals surface area contributed by atoms with Crippen molar-refractivity contribution in [2.75, 3.05) is 6.61 Å². The minimum atomic E-state index is -0.202. The molecule has 0 radical (unpaired) electrons. The maximum absolute atomic E-state index is 9.29. The highest BCUT2D eigenvalue weighted by molar-refractivity contribution is 6.30. The molecule has 2 nitrogen and oxygen atoms in total. The highest BCUT2D eigenvalue weighted by atomic mass is 35.5.